The number of aromatic nitrogens is 2. The van der Waals surface area contributed by atoms with Crippen LogP contribution in [0.2, 0.25) is 0 Å². The van der Waals surface area contributed by atoms with Gasteiger partial charge in [0.1, 0.15) is 5.75 Å². The van der Waals surface area contributed by atoms with Crippen molar-refractivity contribution in [3.05, 3.63) is 60.2 Å². The largest absolute Gasteiger partial charge is 0.495 e. The summed E-state index contributed by atoms with van der Waals surface area (Å²) >= 11 is 0. The van der Waals surface area contributed by atoms with Crippen molar-refractivity contribution in [2.24, 2.45) is 0 Å². The fraction of sp³-hybridized carbons (Fsp3) is 0.286. The number of nitrogens with one attached hydrogen (secondary N) is 2. The van der Waals surface area contributed by atoms with Crippen LogP contribution in [0.3, 0.4) is 0 Å². The van der Waals surface area contributed by atoms with Crippen molar-refractivity contribution in [2.75, 3.05) is 12.4 Å². The molecular weight excluding hydrogens is 356 g/mol. The summed E-state index contributed by atoms with van der Waals surface area (Å²) in [5.74, 6) is 0.115. The van der Waals surface area contributed by atoms with Gasteiger partial charge in [-0.3, -0.25) is 14.0 Å². The molecule has 1 aliphatic carbocycles. The number of carbonyl (C=O) groups excluding carboxylic acids is 2. The topological polar surface area (TPSA) is 84.7 Å². The molecule has 7 heteroatoms. The molecule has 7 nitrogen and oxygen atoms in total. The minimum Gasteiger partial charge on any atom is -0.495 e. The van der Waals surface area contributed by atoms with Crippen LogP contribution >= 0.6 is 0 Å². The van der Waals surface area contributed by atoms with Crippen molar-refractivity contribution in [1.29, 1.82) is 0 Å². The molecule has 0 bridgehead atoms. The van der Waals surface area contributed by atoms with E-state index in [1.807, 2.05) is 24.3 Å². The van der Waals surface area contributed by atoms with Crippen molar-refractivity contribution in [2.45, 2.75) is 31.7 Å². The third kappa shape index (κ3) is 3.43. The number of nitrogens with zero attached hydrogens (tertiary/aromatic N) is 2. The highest BCUT2D eigenvalue weighted by molar-refractivity contribution is 6.09. The molecule has 2 aromatic heterocycles. The molecule has 28 heavy (non-hydrogen) atoms. The molecule has 1 aliphatic rings. The molecule has 1 saturated carbocycles. The van der Waals surface area contributed by atoms with Gasteiger partial charge in [-0.15, -0.1) is 0 Å². The van der Waals surface area contributed by atoms with Gasteiger partial charge in [-0.1, -0.05) is 31.0 Å². The third-order valence-electron chi connectivity index (χ3n) is 5.01. The zero-order chi connectivity index (χ0) is 19.5. The van der Waals surface area contributed by atoms with E-state index in [2.05, 4.69) is 15.6 Å². The maximum Gasteiger partial charge on any atom is 0.287 e. The number of methoxy groups -OCH3 is 1. The molecule has 0 aliphatic heterocycles. The molecule has 2 heterocycles. The van der Waals surface area contributed by atoms with Gasteiger partial charge >= 0.3 is 0 Å². The minimum absolute atomic E-state index is 0.175. The number of fused-ring (bicyclic) bond motifs is 1. The normalized spacial score (nSPS) is 14.2. The van der Waals surface area contributed by atoms with Gasteiger partial charge in [0.25, 0.3) is 11.8 Å². The van der Waals surface area contributed by atoms with Gasteiger partial charge < -0.3 is 15.4 Å². The average Bonchev–Trinajstić information content (AvgIpc) is 3.36. The molecular formula is C21H22N4O3. The van der Waals surface area contributed by atoms with Crippen LogP contribution in [-0.2, 0) is 0 Å². The smallest absolute Gasteiger partial charge is 0.287 e. The van der Waals surface area contributed by atoms with E-state index in [4.69, 9.17) is 4.74 Å². The van der Waals surface area contributed by atoms with Gasteiger partial charge in [0.05, 0.1) is 18.3 Å². The predicted molar refractivity (Wildman–Crippen MR) is 106 cm³/mol. The molecule has 2 N–H and O–H groups in total. The summed E-state index contributed by atoms with van der Waals surface area (Å²) in [7, 11) is 1.54. The van der Waals surface area contributed by atoms with Crippen molar-refractivity contribution in [1.82, 2.24) is 14.7 Å². The summed E-state index contributed by atoms with van der Waals surface area (Å²) in [6.45, 7) is 0. The number of para-hydroxylation sites is 2. The van der Waals surface area contributed by atoms with Crippen LogP contribution in [0.15, 0.2) is 48.7 Å². The molecule has 1 aromatic carbocycles. The Hall–Kier alpha value is -3.35. The lowest BCUT2D eigenvalue weighted by Gasteiger charge is -2.10. The number of amides is 2. The lowest BCUT2D eigenvalue weighted by atomic mass is 10.2. The van der Waals surface area contributed by atoms with Crippen LogP contribution in [0.5, 0.6) is 5.75 Å². The Labute approximate surface area is 162 Å². The molecule has 0 unspecified atom stereocenters. The van der Waals surface area contributed by atoms with Gasteiger partial charge in [-0.25, -0.2) is 4.98 Å². The number of carbonyl (C=O) groups is 2. The molecule has 3 aromatic rings. The fourth-order valence-electron chi connectivity index (χ4n) is 3.61. The van der Waals surface area contributed by atoms with Gasteiger partial charge in [-0.05, 0) is 37.1 Å². The van der Waals surface area contributed by atoms with E-state index in [-0.39, 0.29) is 23.5 Å². The quantitative estimate of drug-likeness (QED) is 0.714. The number of imidazole rings is 1. The molecule has 2 amide bonds. The van der Waals surface area contributed by atoms with E-state index in [1.165, 1.54) is 0 Å². The number of benzene rings is 1. The zero-order valence-corrected chi connectivity index (χ0v) is 15.6. The van der Waals surface area contributed by atoms with E-state index in [0.29, 0.717) is 17.0 Å². The van der Waals surface area contributed by atoms with Crippen LogP contribution in [0.25, 0.3) is 5.52 Å². The first-order valence-corrected chi connectivity index (χ1v) is 9.39. The van der Waals surface area contributed by atoms with Gasteiger partial charge in [0.15, 0.2) is 5.69 Å². The molecule has 4 rings (SSSR count). The Morgan fingerprint density at radius 2 is 1.82 bits per heavy atom. The van der Waals surface area contributed by atoms with Gasteiger partial charge in [0, 0.05) is 12.2 Å². The number of hydrogen-bond acceptors (Lipinski definition) is 4. The first kappa shape index (κ1) is 18.0. The van der Waals surface area contributed by atoms with Gasteiger partial charge in [0.2, 0.25) is 5.82 Å². The summed E-state index contributed by atoms with van der Waals surface area (Å²) in [5, 5.41) is 5.86. The molecule has 0 saturated heterocycles. The van der Waals surface area contributed by atoms with Crippen molar-refractivity contribution < 1.29 is 14.3 Å². The summed E-state index contributed by atoms with van der Waals surface area (Å²) in [6, 6.07) is 12.7. The molecule has 144 valence electrons. The molecule has 0 spiro atoms. The van der Waals surface area contributed by atoms with E-state index in [9.17, 15) is 9.59 Å². The fourth-order valence-corrected chi connectivity index (χ4v) is 3.61. The summed E-state index contributed by atoms with van der Waals surface area (Å²) in [5.41, 5.74) is 1.32. The molecule has 0 radical (unpaired) electrons. The van der Waals surface area contributed by atoms with Crippen molar-refractivity contribution >= 4 is 23.0 Å². The number of pyridine rings is 1. The standard InChI is InChI=1S/C21H22N4O3/c1-28-17-12-5-4-10-15(17)23-20(26)18-16-11-6-7-13-25(16)19(24-18)21(27)22-14-8-2-3-9-14/h4-7,10-14H,2-3,8-9H2,1H3,(H,22,27)(H,23,26). The third-order valence-corrected chi connectivity index (χ3v) is 5.01. The number of anilines is 1. The Balaban J connectivity index is 1.65. The zero-order valence-electron chi connectivity index (χ0n) is 15.6. The second kappa shape index (κ2) is 7.72. The lowest BCUT2D eigenvalue weighted by Crippen LogP contribution is -2.33. The highest BCUT2D eigenvalue weighted by Crippen LogP contribution is 2.24. The number of ether oxygens (including phenoxy) is 1. The summed E-state index contributed by atoms with van der Waals surface area (Å²) in [4.78, 5) is 30.0. The monoisotopic (exact) mass is 378 g/mol. The average molecular weight is 378 g/mol. The SMILES string of the molecule is COc1ccccc1NC(=O)c1nc(C(=O)NC2CCCC2)n2ccccc12. The Morgan fingerprint density at radius 3 is 2.61 bits per heavy atom. The predicted octanol–water partition coefficient (Wildman–Crippen LogP) is 3.27. The lowest BCUT2D eigenvalue weighted by molar-refractivity contribution is 0.0926. The number of hydrogen-bond donors (Lipinski definition) is 2. The second-order valence-corrected chi connectivity index (χ2v) is 6.85. The van der Waals surface area contributed by atoms with Crippen LogP contribution in [0, 0.1) is 0 Å². The maximum absolute atomic E-state index is 12.9. The number of rotatable bonds is 5. The van der Waals surface area contributed by atoms with Crippen LogP contribution < -0.4 is 15.4 Å². The van der Waals surface area contributed by atoms with E-state index < -0.39 is 5.91 Å². The van der Waals surface area contributed by atoms with Crippen LogP contribution in [0.1, 0.15) is 46.8 Å². The van der Waals surface area contributed by atoms with Gasteiger partial charge in [-0.2, -0.15) is 0 Å². The minimum atomic E-state index is -0.395. The Bertz CT molecular complexity index is 1020. The van der Waals surface area contributed by atoms with Crippen LogP contribution in [-0.4, -0.2) is 34.4 Å². The van der Waals surface area contributed by atoms with Crippen molar-refractivity contribution in [3.8, 4) is 5.75 Å². The molecule has 0 atom stereocenters. The first-order chi connectivity index (χ1) is 13.7. The summed E-state index contributed by atoms with van der Waals surface area (Å²) < 4.78 is 6.94. The Kier molecular flexibility index (Phi) is 4.97. The first-order valence-electron chi connectivity index (χ1n) is 9.39. The molecule has 1 fully saturated rings. The highest BCUT2D eigenvalue weighted by atomic mass is 16.5. The van der Waals surface area contributed by atoms with E-state index in [0.717, 1.165) is 25.7 Å². The highest BCUT2D eigenvalue weighted by Gasteiger charge is 2.24. The summed E-state index contributed by atoms with van der Waals surface area (Å²) in [6.07, 6.45) is 5.96. The maximum atomic E-state index is 12.9. The van der Waals surface area contributed by atoms with E-state index >= 15 is 0 Å². The van der Waals surface area contributed by atoms with Crippen LogP contribution in [0.4, 0.5) is 5.69 Å². The second-order valence-electron chi connectivity index (χ2n) is 6.85. The van der Waals surface area contributed by atoms with E-state index in [1.54, 1.807) is 35.9 Å². The van der Waals surface area contributed by atoms with Crippen molar-refractivity contribution in [3.63, 3.8) is 0 Å². The Morgan fingerprint density at radius 1 is 1.07 bits per heavy atom.